The fourth-order valence-corrected chi connectivity index (χ4v) is 2.17. The summed E-state index contributed by atoms with van der Waals surface area (Å²) in [7, 11) is 0. The molecule has 0 N–H and O–H groups in total. The molecule has 2 aliphatic rings. The Kier molecular flexibility index (Phi) is 2.63. The zero-order valence-corrected chi connectivity index (χ0v) is 7.37. The van der Waals surface area contributed by atoms with E-state index < -0.39 is 0 Å². The molecule has 2 fully saturated rings. The molecule has 0 spiro atoms. The van der Waals surface area contributed by atoms with E-state index in [4.69, 9.17) is 4.74 Å². The summed E-state index contributed by atoms with van der Waals surface area (Å²) in [5.74, 6) is 0. The van der Waals surface area contributed by atoms with Gasteiger partial charge in [-0.25, -0.2) is 5.11 Å². The zero-order chi connectivity index (χ0) is 8.39. The smallest absolute Gasteiger partial charge is 0.0834 e. The van der Waals surface area contributed by atoms with E-state index in [2.05, 4.69) is 4.90 Å². The van der Waals surface area contributed by atoms with Crippen LogP contribution in [0.1, 0.15) is 19.3 Å². The molecule has 2 atom stereocenters. The van der Waals surface area contributed by atoms with Crippen molar-refractivity contribution in [1.29, 1.82) is 0 Å². The van der Waals surface area contributed by atoms with E-state index in [1.165, 1.54) is 12.8 Å². The molecule has 3 heteroatoms. The summed E-state index contributed by atoms with van der Waals surface area (Å²) >= 11 is 0. The number of ether oxygens (including phenoxy) is 1. The van der Waals surface area contributed by atoms with Gasteiger partial charge in [-0.05, 0) is 19.3 Å². The summed E-state index contributed by atoms with van der Waals surface area (Å²) in [5.41, 5.74) is 0. The third kappa shape index (κ3) is 1.79. The van der Waals surface area contributed by atoms with E-state index in [0.717, 1.165) is 26.1 Å². The highest BCUT2D eigenvalue weighted by molar-refractivity contribution is 4.84. The molecule has 2 aliphatic heterocycles. The van der Waals surface area contributed by atoms with Crippen LogP contribution in [0.4, 0.5) is 0 Å². The number of likely N-dealkylation sites (tertiary alicyclic amines) is 1. The van der Waals surface area contributed by atoms with E-state index in [9.17, 15) is 5.11 Å². The Labute approximate surface area is 73.3 Å². The van der Waals surface area contributed by atoms with Crippen molar-refractivity contribution in [2.24, 2.45) is 0 Å². The standard InChI is InChI=1S/C9H16NO2/c11-5-1-4-10-6-8-2-3-9(7-10)12-8/h8-9H,1-7H2. The molecule has 2 unspecified atom stereocenters. The molecule has 2 heterocycles. The van der Waals surface area contributed by atoms with Crippen molar-refractivity contribution in [3.05, 3.63) is 0 Å². The monoisotopic (exact) mass is 170 g/mol. The SMILES string of the molecule is [O]CCCN1CC2CCC(C1)O2. The van der Waals surface area contributed by atoms with E-state index in [1.54, 1.807) is 0 Å². The first kappa shape index (κ1) is 8.48. The summed E-state index contributed by atoms with van der Waals surface area (Å²) in [6.07, 6.45) is 4.17. The van der Waals surface area contributed by atoms with Crippen molar-refractivity contribution in [2.45, 2.75) is 31.5 Å². The second-order valence-corrected chi connectivity index (χ2v) is 3.77. The molecule has 2 bridgehead atoms. The minimum atomic E-state index is 0.0622. The number of nitrogens with zero attached hydrogens (tertiary/aromatic N) is 1. The van der Waals surface area contributed by atoms with Gasteiger partial charge in [0.15, 0.2) is 0 Å². The lowest BCUT2D eigenvalue weighted by atomic mass is 10.2. The van der Waals surface area contributed by atoms with E-state index in [0.29, 0.717) is 12.2 Å². The fourth-order valence-electron chi connectivity index (χ4n) is 2.17. The van der Waals surface area contributed by atoms with Crippen LogP contribution in [0.5, 0.6) is 0 Å². The average Bonchev–Trinajstić information content (AvgIpc) is 2.42. The summed E-state index contributed by atoms with van der Waals surface area (Å²) in [6, 6.07) is 0. The van der Waals surface area contributed by atoms with Crippen LogP contribution in [0.3, 0.4) is 0 Å². The lowest BCUT2D eigenvalue weighted by Gasteiger charge is -2.31. The Morgan fingerprint density at radius 2 is 1.92 bits per heavy atom. The largest absolute Gasteiger partial charge is 0.372 e. The highest BCUT2D eigenvalue weighted by atomic mass is 16.5. The number of hydrogen-bond acceptors (Lipinski definition) is 2. The maximum absolute atomic E-state index is 10.3. The van der Waals surface area contributed by atoms with Crippen LogP contribution in [0.15, 0.2) is 0 Å². The van der Waals surface area contributed by atoms with Crippen LogP contribution in [-0.2, 0) is 9.84 Å². The van der Waals surface area contributed by atoms with Crippen molar-refractivity contribution in [1.82, 2.24) is 4.90 Å². The minimum absolute atomic E-state index is 0.0622. The molecule has 0 aromatic rings. The first-order valence-corrected chi connectivity index (χ1v) is 4.84. The molecule has 1 radical (unpaired) electrons. The van der Waals surface area contributed by atoms with Crippen LogP contribution in [-0.4, -0.2) is 43.3 Å². The molecule has 12 heavy (non-hydrogen) atoms. The van der Waals surface area contributed by atoms with Crippen molar-refractivity contribution in [3.8, 4) is 0 Å². The van der Waals surface area contributed by atoms with Gasteiger partial charge < -0.3 is 4.74 Å². The second kappa shape index (κ2) is 3.73. The van der Waals surface area contributed by atoms with Crippen LogP contribution >= 0.6 is 0 Å². The summed E-state index contributed by atoms with van der Waals surface area (Å²) in [6.45, 7) is 3.14. The molecule has 2 rings (SSSR count). The molecule has 0 aromatic heterocycles. The first-order chi connectivity index (χ1) is 5.88. The van der Waals surface area contributed by atoms with Gasteiger partial charge in [-0.3, -0.25) is 4.90 Å². The maximum Gasteiger partial charge on any atom is 0.0834 e. The minimum Gasteiger partial charge on any atom is -0.372 e. The van der Waals surface area contributed by atoms with Gasteiger partial charge in [0.05, 0.1) is 18.8 Å². The lowest BCUT2D eigenvalue weighted by molar-refractivity contribution is -0.0400. The fraction of sp³-hybridized carbons (Fsp3) is 1.00. The Balaban J connectivity index is 1.78. The van der Waals surface area contributed by atoms with Gasteiger partial charge in [0.1, 0.15) is 0 Å². The summed E-state index contributed by atoms with van der Waals surface area (Å²) in [5, 5.41) is 10.3. The predicted molar refractivity (Wildman–Crippen MR) is 44.5 cm³/mol. The highest BCUT2D eigenvalue weighted by Gasteiger charge is 2.32. The number of hydrogen-bond donors (Lipinski definition) is 0. The quantitative estimate of drug-likeness (QED) is 0.623. The van der Waals surface area contributed by atoms with Crippen molar-refractivity contribution in [2.75, 3.05) is 26.2 Å². The van der Waals surface area contributed by atoms with Gasteiger partial charge >= 0.3 is 0 Å². The Bertz CT molecular complexity index is 139. The molecular weight excluding hydrogens is 154 g/mol. The van der Waals surface area contributed by atoms with Gasteiger partial charge in [-0.2, -0.15) is 0 Å². The van der Waals surface area contributed by atoms with E-state index in [1.807, 2.05) is 0 Å². The number of fused-ring (bicyclic) bond motifs is 2. The van der Waals surface area contributed by atoms with Gasteiger partial charge in [-0.1, -0.05) is 0 Å². The zero-order valence-electron chi connectivity index (χ0n) is 7.37. The molecular formula is C9H16NO2. The van der Waals surface area contributed by atoms with Crippen molar-refractivity contribution < 1.29 is 9.84 Å². The molecule has 69 valence electrons. The molecule has 3 nitrogen and oxygen atoms in total. The van der Waals surface area contributed by atoms with Gasteiger partial charge in [0.25, 0.3) is 0 Å². The summed E-state index contributed by atoms with van der Waals surface area (Å²) < 4.78 is 5.69. The normalized spacial score (nSPS) is 35.8. The maximum atomic E-state index is 10.3. The summed E-state index contributed by atoms with van der Waals surface area (Å²) in [4.78, 5) is 2.38. The Morgan fingerprint density at radius 3 is 2.50 bits per heavy atom. The average molecular weight is 170 g/mol. The van der Waals surface area contributed by atoms with Gasteiger partial charge in [-0.15, -0.1) is 0 Å². The molecule has 0 aliphatic carbocycles. The Morgan fingerprint density at radius 1 is 1.25 bits per heavy atom. The van der Waals surface area contributed by atoms with Gasteiger partial charge in [0, 0.05) is 19.6 Å². The third-order valence-electron chi connectivity index (χ3n) is 2.74. The number of rotatable bonds is 3. The Hall–Kier alpha value is -0.120. The van der Waals surface area contributed by atoms with Crippen molar-refractivity contribution >= 4 is 0 Å². The third-order valence-corrected chi connectivity index (χ3v) is 2.74. The van der Waals surface area contributed by atoms with E-state index in [-0.39, 0.29) is 6.61 Å². The van der Waals surface area contributed by atoms with Crippen LogP contribution in [0, 0.1) is 0 Å². The van der Waals surface area contributed by atoms with Crippen molar-refractivity contribution in [3.63, 3.8) is 0 Å². The topological polar surface area (TPSA) is 32.4 Å². The second-order valence-electron chi connectivity index (χ2n) is 3.77. The van der Waals surface area contributed by atoms with Gasteiger partial charge in [0.2, 0.25) is 0 Å². The van der Waals surface area contributed by atoms with Crippen LogP contribution < -0.4 is 0 Å². The van der Waals surface area contributed by atoms with Crippen LogP contribution in [0.2, 0.25) is 0 Å². The molecule has 2 saturated heterocycles. The lowest BCUT2D eigenvalue weighted by Crippen LogP contribution is -2.43. The van der Waals surface area contributed by atoms with E-state index >= 15 is 0 Å². The molecule has 0 amide bonds. The van der Waals surface area contributed by atoms with Crippen LogP contribution in [0.25, 0.3) is 0 Å². The molecule has 0 saturated carbocycles. The highest BCUT2D eigenvalue weighted by Crippen LogP contribution is 2.25. The number of morpholine rings is 1. The predicted octanol–water partition coefficient (Wildman–Crippen LogP) is 0.670. The molecule has 0 aromatic carbocycles. The first-order valence-electron chi connectivity index (χ1n) is 4.84.